The molecule has 1 aliphatic rings. The van der Waals surface area contributed by atoms with Gasteiger partial charge in [-0.25, -0.2) is 0 Å². The van der Waals surface area contributed by atoms with Crippen LogP contribution in [0.1, 0.15) is 49.0 Å². The van der Waals surface area contributed by atoms with Crippen molar-refractivity contribution in [3.63, 3.8) is 0 Å². The van der Waals surface area contributed by atoms with Crippen molar-refractivity contribution in [2.24, 2.45) is 4.99 Å². The van der Waals surface area contributed by atoms with Gasteiger partial charge in [-0.3, -0.25) is 4.99 Å². The zero-order valence-corrected chi connectivity index (χ0v) is 17.3. The summed E-state index contributed by atoms with van der Waals surface area (Å²) >= 11 is 0. The number of nitrogens with zero attached hydrogens (tertiary/aromatic N) is 4. The molecule has 0 aliphatic carbocycles. The molecule has 30 heavy (non-hydrogen) atoms. The summed E-state index contributed by atoms with van der Waals surface area (Å²) in [7, 11) is 0. The van der Waals surface area contributed by atoms with Crippen LogP contribution in [0.25, 0.3) is 0 Å². The van der Waals surface area contributed by atoms with Crippen LogP contribution in [0.5, 0.6) is 0 Å². The molecule has 9 heteroatoms. The molecule has 0 saturated carbocycles. The van der Waals surface area contributed by atoms with Crippen LogP contribution >= 0.6 is 0 Å². The summed E-state index contributed by atoms with van der Waals surface area (Å²) in [5, 5.41) is 15.1. The Morgan fingerprint density at radius 2 is 1.87 bits per heavy atom. The molecule has 2 N–H and O–H groups in total. The van der Waals surface area contributed by atoms with Gasteiger partial charge in [0.05, 0.1) is 5.56 Å². The Hall–Kier alpha value is -2.58. The second-order valence-corrected chi connectivity index (χ2v) is 7.38. The number of nitrogens with one attached hydrogen (secondary N) is 2. The summed E-state index contributed by atoms with van der Waals surface area (Å²) in [4.78, 5) is 4.60. The zero-order valence-electron chi connectivity index (χ0n) is 17.3. The number of aromatic nitrogens is 3. The molecule has 0 atom stereocenters. The molecule has 2 aromatic rings. The molecular formula is C21H29F3N6. The van der Waals surface area contributed by atoms with Gasteiger partial charge in [0.15, 0.2) is 5.96 Å². The highest BCUT2D eigenvalue weighted by atomic mass is 19.4. The Bertz CT molecular complexity index is 826. The predicted octanol–water partition coefficient (Wildman–Crippen LogP) is 3.36. The van der Waals surface area contributed by atoms with E-state index >= 15 is 0 Å². The lowest BCUT2D eigenvalue weighted by Crippen LogP contribution is -2.38. The van der Waals surface area contributed by atoms with Crippen LogP contribution < -0.4 is 10.6 Å². The predicted molar refractivity (Wildman–Crippen MR) is 110 cm³/mol. The molecule has 1 aromatic heterocycles. The lowest BCUT2D eigenvalue weighted by molar-refractivity contribution is -0.137. The van der Waals surface area contributed by atoms with E-state index in [0.29, 0.717) is 25.5 Å². The first-order valence-electron chi connectivity index (χ1n) is 10.6. The average Bonchev–Trinajstić information content (AvgIpc) is 2.94. The number of aryl methyl sites for hydroxylation is 1. The van der Waals surface area contributed by atoms with Crippen LogP contribution in [0.3, 0.4) is 0 Å². The summed E-state index contributed by atoms with van der Waals surface area (Å²) in [6.45, 7) is 4.87. The van der Waals surface area contributed by atoms with Crippen molar-refractivity contribution >= 4 is 5.96 Å². The minimum atomic E-state index is -4.30. The van der Waals surface area contributed by atoms with Crippen molar-refractivity contribution in [1.82, 2.24) is 25.4 Å². The quantitative estimate of drug-likeness (QED) is 0.530. The molecule has 0 unspecified atom stereocenters. The number of halogens is 3. The Labute approximate surface area is 175 Å². The number of benzene rings is 1. The molecule has 0 fully saturated rings. The molecule has 164 valence electrons. The van der Waals surface area contributed by atoms with E-state index in [4.69, 9.17) is 0 Å². The minimum absolute atomic E-state index is 0.581. The molecule has 0 spiro atoms. The Kier molecular flexibility index (Phi) is 7.70. The molecule has 0 amide bonds. The van der Waals surface area contributed by atoms with Crippen molar-refractivity contribution in [2.75, 3.05) is 19.6 Å². The summed E-state index contributed by atoms with van der Waals surface area (Å²) in [6, 6.07) is 5.28. The van der Waals surface area contributed by atoms with E-state index < -0.39 is 11.7 Å². The van der Waals surface area contributed by atoms with Crippen LogP contribution in [-0.2, 0) is 32.0 Å². The van der Waals surface area contributed by atoms with Crippen molar-refractivity contribution in [3.8, 4) is 0 Å². The fourth-order valence-corrected chi connectivity index (χ4v) is 3.53. The molecule has 1 aliphatic heterocycles. The first-order chi connectivity index (χ1) is 14.5. The van der Waals surface area contributed by atoms with E-state index in [9.17, 15) is 13.2 Å². The second-order valence-electron chi connectivity index (χ2n) is 7.38. The number of hydrogen-bond donors (Lipinski definition) is 2. The lowest BCUT2D eigenvalue weighted by Gasteiger charge is -2.12. The van der Waals surface area contributed by atoms with Gasteiger partial charge in [-0.05, 0) is 43.9 Å². The Morgan fingerprint density at radius 3 is 2.60 bits per heavy atom. The van der Waals surface area contributed by atoms with Gasteiger partial charge in [0.25, 0.3) is 0 Å². The summed E-state index contributed by atoms with van der Waals surface area (Å²) < 4.78 is 40.2. The third-order valence-corrected chi connectivity index (χ3v) is 5.12. The van der Waals surface area contributed by atoms with Gasteiger partial charge in [-0.1, -0.05) is 18.6 Å². The standard InChI is InChI=1S/C21H29F3N6/c1-2-25-20(26-13-11-16-7-9-17(10-8-16)21(22,23)24)27-14-12-19-29-28-18-6-4-3-5-15-30(18)19/h7-10H,2-6,11-15H2,1H3,(H2,25,26,27). The first kappa shape index (κ1) is 22.1. The molecule has 1 aromatic carbocycles. The van der Waals surface area contributed by atoms with Gasteiger partial charge in [0.2, 0.25) is 0 Å². The third-order valence-electron chi connectivity index (χ3n) is 5.12. The normalized spacial score (nSPS) is 14.9. The number of hydrogen-bond acceptors (Lipinski definition) is 3. The molecule has 0 saturated heterocycles. The van der Waals surface area contributed by atoms with Gasteiger partial charge in [-0.2, -0.15) is 13.2 Å². The van der Waals surface area contributed by atoms with Crippen LogP contribution in [-0.4, -0.2) is 40.4 Å². The van der Waals surface area contributed by atoms with E-state index in [1.807, 2.05) is 6.92 Å². The van der Waals surface area contributed by atoms with Crippen LogP contribution in [0.15, 0.2) is 29.3 Å². The number of rotatable bonds is 7. The van der Waals surface area contributed by atoms with Crippen LogP contribution in [0.4, 0.5) is 13.2 Å². The number of guanidine groups is 1. The lowest BCUT2D eigenvalue weighted by atomic mass is 10.1. The van der Waals surface area contributed by atoms with Gasteiger partial charge >= 0.3 is 6.18 Å². The highest BCUT2D eigenvalue weighted by Gasteiger charge is 2.29. The topological polar surface area (TPSA) is 67.1 Å². The van der Waals surface area contributed by atoms with Crippen LogP contribution in [0, 0.1) is 0 Å². The van der Waals surface area contributed by atoms with E-state index in [0.717, 1.165) is 61.7 Å². The monoisotopic (exact) mass is 422 g/mol. The van der Waals surface area contributed by atoms with Crippen molar-refractivity contribution < 1.29 is 13.2 Å². The molecular weight excluding hydrogens is 393 g/mol. The number of aliphatic imine (C=N–C) groups is 1. The van der Waals surface area contributed by atoms with Crippen LogP contribution in [0.2, 0.25) is 0 Å². The molecule has 6 nitrogen and oxygen atoms in total. The summed E-state index contributed by atoms with van der Waals surface area (Å²) in [5.41, 5.74) is 0.220. The maximum absolute atomic E-state index is 12.6. The zero-order chi connectivity index (χ0) is 21.4. The van der Waals surface area contributed by atoms with Gasteiger partial charge in [0.1, 0.15) is 11.6 Å². The number of alkyl halides is 3. The maximum Gasteiger partial charge on any atom is 0.416 e. The van der Waals surface area contributed by atoms with E-state index in [1.54, 1.807) is 0 Å². The maximum atomic E-state index is 12.6. The highest BCUT2D eigenvalue weighted by molar-refractivity contribution is 5.79. The van der Waals surface area contributed by atoms with Crippen molar-refractivity contribution in [1.29, 1.82) is 0 Å². The van der Waals surface area contributed by atoms with Crippen molar-refractivity contribution in [3.05, 3.63) is 47.0 Å². The summed E-state index contributed by atoms with van der Waals surface area (Å²) in [6.07, 6.45) is 1.59. The Morgan fingerprint density at radius 1 is 1.07 bits per heavy atom. The SMILES string of the molecule is CCNC(=NCCc1nnc2n1CCCCC2)NCCc1ccc(C(F)(F)F)cc1. The largest absolute Gasteiger partial charge is 0.416 e. The Balaban J connectivity index is 1.49. The second kappa shape index (κ2) is 10.4. The third kappa shape index (κ3) is 6.21. The first-order valence-corrected chi connectivity index (χ1v) is 10.6. The molecule has 3 rings (SSSR count). The smallest absolute Gasteiger partial charge is 0.357 e. The molecule has 0 bridgehead atoms. The van der Waals surface area contributed by atoms with Gasteiger partial charge in [-0.15, -0.1) is 10.2 Å². The van der Waals surface area contributed by atoms with E-state index in [2.05, 4.69) is 30.4 Å². The molecule has 0 radical (unpaired) electrons. The van der Waals surface area contributed by atoms with Gasteiger partial charge in [0, 0.05) is 39.0 Å². The highest BCUT2D eigenvalue weighted by Crippen LogP contribution is 2.29. The fourth-order valence-electron chi connectivity index (χ4n) is 3.53. The summed E-state index contributed by atoms with van der Waals surface area (Å²) in [5.74, 6) is 2.75. The molecule has 2 heterocycles. The minimum Gasteiger partial charge on any atom is -0.357 e. The van der Waals surface area contributed by atoms with E-state index in [-0.39, 0.29) is 0 Å². The number of fused-ring (bicyclic) bond motifs is 1. The van der Waals surface area contributed by atoms with Gasteiger partial charge < -0.3 is 15.2 Å². The van der Waals surface area contributed by atoms with E-state index in [1.165, 1.54) is 25.0 Å². The average molecular weight is 422 g/mol. The van der Waals surface area contributed by atoms with Crippen molar-refractivity contribution in [2.45, 2.75) is 58.2 Å². The fraction of sp³-hybridized carbons (Fsp3) is 0.571.